The van der Waals surface area contributed by atoms with Gasteiger partial charge in [0.15, 0.2) is 0 Å². The average Bonchev–Trinajstić information content (AvgIpc) is 3.03. The number of sulfonamides is 2. The molecule has 130 valence electrons. The Labute approximate surface area is 150 Å². The first-order valence-corrected chi connectivity index (χ1v) is 11.2. The Morgan fingerprint density at radius 1 is 0.792 bits per heavy atom. The molecule has 0 bridgehead atoms. The molecule has 0 N–H and O–H groups in total. The van der Waals surface area contributed by atoms with Gasteiger partial charge in [0, 0.05) is 26.2 Å². The van der Waals surface area contributed by atoms with Gasteiger partial charge in [0.2, 0.25) is 10.0 Å². The highest BCUT2D eigenvalue weighted by Gasteiger charge is 2.34. The van der Waals surface area contributed by atoms with E-state index in [2.05, 4.69) is 0 Å². The van der Waals surface area contributed by atoms with Gasteiger partial charge in [0.1, 0.15) is 4.21 Å². The van der Waals surface area contributed by atoms with Crippen molar-refractivity contribution in [3.8, 4) is 0 Å². The minimum absolute atomic E-state index is 0.115. The van der Waals surface area contributed by atoms with E-state index in [1.54, 1.807) is 18.2 Å². The Balaban J connectivity index is 1.74. The molecule has 1 aromatic heterocycles. The highest BCUT2D eigenvalue weighted by atomic mass is 35.5. The molecular weight excluding hydrogens is 392 g/mol. The summed E-state index contributed by atoms with van der Waals surface area (Å²) in [7, 11) is -7.23. The molecule has 2 aromatic rings. The summed E-state index contributed by atoms with van der Waals surface area (Å²) in [5, 5.41) is 0. The third-order valence-corrected chi connectivity index (χ3v) is 9.23. The molecule has 6 nitrogen and oxygen atoms in total. The van der Waals surface area contributed by atoms with Gasteiger partial charge < -0.3 is 0 Å². The lowest BCUT2D eigenvalue weighted by Crippen LogP contribution is -2.50. The minimum Gasteiger partial charge on any atom is -0.207 e. The monoisotopic (exact) mass is 406 g/mol. The van der Waals surface area contributed by atoms with Crippen LogP contribution in [0.25, 0.3) is 0 Å². The zero-order chi connectivity index (χ0) is 17.4. The molecule has 0 saturated carbocycles. The van der Waals surface area contributed by atoms with Crippen LogP contribution in [0.4, 0.5) is 0 Å². The fourth-order valence-corrected chi connectivity index (χ4v) is 6.96. The Bertz CT molecular complexity index is 918. The Kier molecular flexibility index (Phi) is 5.01. The highest BCUT2D eigenvalue weighted by Crippen LogP contribution is 2.29. The zero-order valence-electron chi connectivity index (χ0n) is 12.5. The third-order valence-electron chi connectivity index (χ3n) is 3.72. The van der Waals surface area contributed by atoms with Crippen LogP contribution in [-0.4, -0.2) is 51.6 Å². The van der Waals surface area contributed by atoms with Gasteiger partial charge >= 0.3 is 0 Å². The van der Waals surface area contributed by atoms with Crippen molar-refractivity contribution in [2.24, 2.45) is 0 Å². The van der Waals surface area contributed by atoms with Crippen LogP contribution in [0.5, 0.6) is 0 Å². The zero-order valence-corrected chi connectivity index (χ0v) is 15.7. The summed E-state index contributed by atoms with van der Waals surface area (Å²) in [6.07, 6.45) is 0. The van der Waals surface area contributed by atoms with Crippen LogP contribution in [0.15, 0.2) is 51.6 Å². The van der Waals surface area contributed by atoms with E-state index in [9.17, 15) is 16.8 Å². The molecule has 1 fully saturated rings. The quantitative estimate of drug-likeness (QED) is 0.779. The van der Waals surface area contributed by atoms with Crippen molar-refractivity contribution < 1.29 is 16.8 Å². The van der Waals surface area contributed by atoms with Crippen LogP contribution in [-0.2, 0) is 20.0 Å². The topological polar surface area (TPSA) is 74.8 Å². The van der Waals surface area contributed by atoms with Crippen molar-refractivity contribution in [1.82, 2.24) is 8.61 Å². The van der Waals surface area contributed by atoms with E-state index in [1.165, 1.54) is 32.9 Å². The average molecular weight is 407 g/mol. The number of nitrogens with zero attached hydrogens (tertiary/aromatic N) is 2. The second-order valence-electron chi connectivity index (χ2n) is 5.18. The normalized spacial score (nSPS) is 17.9. The summed E-state index contributed by atoms with van der Waals surface area (Å²) < 4.78 is 53.4. The SMILES string of the molecule is O=S(=O)(c1ccccc1)N1CCN(S(=O)(=O)c2ccc(Cl)s2)CC1. The van der Waals surface area contributed by atoms with Gasteiger partial charge in [-0.25, -0.2) is 16.8 Å². The second-order valence-corrected chi connectivity index (χ2v) is 11.0. The van der Waals surface area contributed by atoms with Crippen molar-refractivity contribution in [1.29, 1.82) is 0 Å². The summed E-state index contributed by atoms with van der Waals surface area (Å²) in [5.74, 6) is 0. The molecule has 0 aliphatic carbocycles. The molecule has 24 heavy (non-hydrogen) atoms. The molecule has 10 heteroatoms. The lowest BCUT2D eigenvalue weighted by Gasteiger charge is -2.32. The van der Waals surface area contributed by atoms with Crippen molar-refractivity contribution in [3.05, 3.63) is 46.8 Å². The summed E-state index contributed by atoms with van der Waals surface area (Å²) in [6.45, 7) is 0.471. The van der Waals surface area contributed by atoms with Crippen LogP contribution in [0.2, 0.25) is 4.34 Å². The molecule has 0 radical (unpaired) electrons. The van der Waals surface area contributed by atoms with Crippen LogP contribution in [0, 0.1) is 0 Å². The van der Waals surface area contributed by atoms with Gasteiger partial charge in [-0.15, -0.1) is 11.3 Å². The summed E-state index contributed by atoms with van der Waals surface area (Å²) >= 11 is 6.80. The summed E-state index contributed by atoms with van der Waals surface area (Å²) in [4.78, 5) is 0.214. The number of thiophene rings is 1. The number of hydrogen-bond acceptors (Lipinski definition) is 5. The van der Waals surface area contributed by atoms with Crippen LogP contribution < -0.4 is 0 Å². The van der Waals surface area contributed by atoms with Gasteiger partial charge in [0.25, 0.3) is 10.0 Å². The maximum Gasteiger partial charge on any atom is 0.252 e. The number of piperazine rings is 1. The number of benzene rings is 1. The fourth-order valence-electron chi connectivity index (χ4n) is 2.46. The molecule has 0 atom stereocenters. The molecule has 1 aliphatic heterocycles. The Morgan fingerprint density at radius 2 is 1.33 bits per heavy atom. The maximum atomic E-state index is 12.6. The van der Waals surface area contributed by atoms with E-state index >= 15 is 0 Å². The number of rotatable bonds is 4. The predicted octanol–water partition coefficient (Wildman–Crippen LogP) is 2.10. The van der Waals surface area contributed by atoms with E-state index in [4.69, 9.17) is 11.6 Å². The van der Waals surface area contributed by atoms with Crippen molar-refractivity contribution in [2.45, 2.75) is 9.10 Å². The lowest BCUT2D eigenvalue weighted by molar-refractivity contribution is 0.273. The fraction of sp³-hybridized carbons (Fsp3) is 0.286. The number of hydrogen-bond donors (Lipinski definition) is 0. The van der Waals surface area contributed by atoms with Gasteiger partial charge in [-0.1, -0.05) is 29.8 Å². The van der Waals surface area contributed by atoms with E-state index in [1.807, 2.05) is 0 Å². The molecule has 3 rings (SSSR count). The molecule has 1 saturated heterocycles. The van der Waals surface area contributed by atoms with Crippen LogP contribution in [0.3, 0.4) is 0 Å². The van der Waals surface area contributed by atoms with Crippen LogP contribution >= 0.6 is 22.9 Å². The predicted molar refractivity (Wildman–Crippen MR) is 93.3 cm³/mol. The first kappa shape index (κ1) is 17.8. The second kappa shape index (κ2) is 6.74. The van der Waals surface area contributed by atoms with E-state index in [-0.39, 0.29) is 35.3 Å². The van der Waals surface area contributed by atoms with Gasteiger partial charge in [-0.2, -0.15) is 8.61 Å². The maximum absolute atomic E-state index is 12.6. The molecule has 0 amide bonds. The third kappa shape index (κ3) is 3.37. The van der Waals surface area contributed by atoms with Crippen molar-refractivity contribution >= 4 is 43.0 Å². The van der Waals surface area contributed by atoms with E-state index in [0.717, 1.165) is 11.3 Å². The molecule has 2 heterocycles. The van der Waals surface area contributed by atoms with Crippen molar-refractivity contribution in [2.75, 3.05) is 26.2 Å². The summed E-state index contributed by atoms with van der Waals surface area (Å²) in [5.41, 5.74) is 0. The molecule has 1 aromatic carbocycles. The smallest absolute Gasteiger partial charge is 0.207 e. The Hall–Kier alpha value is -0.970. The molecule has 1 aliphatic rings. The lowest BCUT2D eigenvalue weighted by atomic mass is 10.4. The molecular formula is C14H15ClN2O4S3. The standard InChI is InChI=1S/C14H15ClN2O4S3/c15-13-6-7-14(22-13)24(20,21)17-10-8-16(9-11-17)23(18,19)12-4-2-1-3-5-12/h1-7H,8-11H2. The van der Waals surface area contributed by atoms with Gasteiger partial charge in [-0.3, -0.25) is 0 Å². The van der Waals surface area contributed by atoms with E-state index in [0.29, 0.717) is 4.34 Å². The molecule has 0 spiro atoms. The first-order valence-electron chi connectivity index (χ1n) is 7.12. The number of halogens is 1. The largest absolute Gasteiger partial charge is 0.252 e. The summed E-state index contributed by atoms with van der Waals surface area (Å²) in [6, 6.07) is 11.1. The highest BCUT2D eigenvalue weighted by molar-refractivity contribution is 7.91. The first-order chi connectivity index (χ1) is 11.3. The van der Waals surface area contributed by atoms with Gasteiger partial charge in [-0.05, 0) is 24.3 Å². The van der Waals surface area contributed by atoms with E-state index < -0.39 is 20.0 Å². The minimum atomic E-state index is -3.63. The van der Waals surface area contributed by atoms with Crippen molar-refractivity contribution in [3.63, 3.8) is 0 Å². The Morgan fingerprint density at radius 3 is 1.83 bits per heavy atom. The molecule has 0 unspecified atom stereocenters. The van der Waals surface area contributed by atoms with Crippen LogP contribution in [0.1, 0.15) is 0 Å². The van der Waals surface area contributed by atoms with Gasteiger partial charge in [0.05, 0.1) is 9.23 Å².